The molecule has 0 bridgehead atoms. The van der Waals surface area contributed by atoms with E-state index in [1.807, 2.05) is 32.8 Å². The molecule has 0 radical (unpaired) electrons. The highest BCUT2D eigenvalue weighted by molar-refractivity contribution is 5.86. The maximum Gasteiger partial charge on any atom is 0.168 e. The van der Waals surface area contributed by atoms with Crippen molar-refractivity contribution in [1.29, 1.82) is 0 Å². The summed E-state index contributed by atoms with van der Waals surface area (Å²) in [4.78, 5) is 13.2. The molecule has 3 heteroatoms. The normalized spacial score (nSPS) is 38.6. The van der Waals surface area contributed by atoms with E-state index >= 15 is 0 Å². The van der Waals surface area contributed by atoms with E-state index in [2.05, 4.69) is 0 Å². The molecule has 1 aliphatic heterocycles. The summed E-state index contributed by atoms with van der Waals surface area (Å²) in [6, 6.07) is 0. The fourth-order valence-electron chi connectivity index (χ4n) is 1.47. The van der Waals surface area contributed by atoms with Crippen LogP contribution in [0.2, 0.25) is 0 Å². The van der Waals surface area contributed by atoms with Crippen molar-refractivity contribution in [2.45, 2.75) is 26.2 Å². The Kier molecular flexibility index (Phi) is 2.30. The monoisotopic (exact) mass is 157 g/mol. The Morgan fingerprint density at radius 3 is 2.09 bits per heavy atom. The number of hydrogen-bond acceptors (Lipinski definition) is 3. The Morgan fingerprint density at radius 2 is 1.91 bits per heavy atom. The molecule has 0 amide bonds. The number of nitrogens with zero attached hydrogens (tertiary/aromatic N) is 1. The lowest BCUT2D eigenvalue weighted by Crippen LogP contribution is -2.32. The van der Waals surface area contributed by atoms with E-state index in [0.29, 0.717) is 0 Å². The van der Waals surface area contributed by atoms with E-state index < -0.39 is 0 Å². The summed E-state index contributed by atoms with van der Waals surface area (Å²) in [6.45, 7) is 3.72. The first kappa shape index (κ1) is 8.68. The third kappa shape index (κ3) is 1.44. The number of rotatable bonds is 1. The highest BCUT2D eigenvalue weighted by Gasteiger charge is 2.38. The summed E-state index contributed by atoms with van der Waals surface area (Å²) >= 11 is 0. The molecule has 1 heterocycles. The van der Waals surface area contributed by atoms with Crippen LogP contribution in [-0.4, -0.2) is 37.1 Å². The van der Waals surface area contributed by atoms with Crippen molar-refractivity contribution >= 4 is 5.78 Å². The Balaban J connectivity index is 2.67. The number of hydrogen-bond donors (Lipinski definition) is 0. The van der Waals surface area contributed by atoms with Crippen LogP contribution >= 0.6 is 0 Å². The predicted octanol–water partition coefficient (Wildman–Crippen LogP) is 0.498. The number of Topliss-reactive ketones (excluding diaryl/α,β-unsaturated/α-hetero) is 1. The molecule has 1 fully saturated rings. The average molecular weight is 157 g/mol. The number of ether oxygens (including phenoxy) is 1. The summed E-state index contributed by atoms with van der Waals surface area (Å²) in [5, 5.41) is 0. The second-order valence-electron chi connectivity index (χ2n) is 3.32. The highest BCUT2D eigenvalue weighted by Crippen LogP contribution is 2.23. The topological polar surface area (TPSA) is 29.5 Å². The van der Waals surface area contributed by atoms with Gasteiger partial charge in [-0.1, -0.05) is 6.92 Å². The fourth-order valence-corrected chi connectivity index (χ4v) is 1.47. The van der Waals surface area contributed by atoms with E-state index in [0.717, 1.165) is 0 Å². The highest BCUT2D eigenvalue weighted by atomic mass is 16.5. The van der Waals surface area contributed by atoms with Crippen LogP contribution in [0.1, 0.15) is 13.8 Å². The predicted molar refractivity (Wildman–Crippen MR) is 42.2 cm³/mol. The van der Waals surface area contributed by atoms with Gasteiger partial charge in [0.15, 0.2) is 5.78 Å². The maximum absolute atomic E-state index is 11.3. The molecule has 11 heavy (non-hydrogen) atoms. The minimum Gasteiger partial charge on any atom is -0.352 e. The standard InChI is InChI=1S/C8H15NO2/c1-5-7(10)6(2)11-8(5)9(3)4/h5-6,8H,1-4H3/t5-,6?,8-/m0/s1. The zero-order valence-electron chi connectivity index (χ0n) is 7.50. The molecule has 0 aromatic heterocycles. The van der Waals surface area contributed by atoms with Crippen molar-refractivity contribution in [2.75, 3.05) is 14.1 Å². The maximum atomic E-state index is 11.3. The molecule has 1 unspecified atom stereocenters. The largest absolute Gasteiger partial charge is 0.352 e. The van der Waals surface area contributed by atoms with Crippen LogP contribution in [-0.2, 0) is 9.53 Å². The molecule has 3 nitrogen and oxygen atoms in total. The van der Waals surface area contributed by atoms with Gasteiger partial charge in [0.25, 0.3) is 0 Å². The van der Waals surface area contributed by atoms with Gasteiger partial charge in [-0.05, 0) is 21.0 Å². The molecule has 0 aliphatic carbocycles. The molecule has 3 atom stereocenters. The van der Waals surface area contributed by atoms with Crippen LogP contribution in [0, 0.1) is 5.92 Å². The third-order valence-electron chi connectivity index (χ3n) is 2.13. The third-order valence-corrected chi connectivity index (χ3v) is 2.13. The lowest BCUT2D eigenvalue weighted by atomic mass is 10.0. The van der Waals surface area contributed by atoms with Gasteiger partial charge in [-0.3, -0.25) is 9.69 Å². The van der Waals surface area contributed by atoms with Gasteiger partial charge in [0.05, 0.1) is 5.92 Å². The zero-order valence-corrected chi connectivity index (χ0v) is 7.50. The van der Waals surface area contributed by atoms with Crippen LogP contribution in [0.25, 0.3) is 0 Å². The van der Waals surface area contributed by atoms with Crippen molar-refractivity contribution < 1.29 is 9.53 Å². The smallest absolute Gasteiger partial charge is 0.168 e. The Labute approximate surface area is 67.3 Å². The fraction of sp³-hybridized carbons (Fsp3) is 0.875. The molecule has 1 rings (SSSR count). The molecule has 0 aromatic rings. The van der Waals surface area contributed by atoms with Gasteiger partial charge in [-0.25, -0.2) is 0 Å². The van der Waals surface area contributed by atoms with E-state index in [-0.39, 0.29) is 24.0 Å². The Hall–Kier alpha value is -0.410. The average Bonchev–Trinajstić information content (AvgIpc) is 2.17. The van der Waals surface area contributed by atoms with E-state index in [9.17, 15) is 4.79 Å². The van der Waals surface area contributed by atoms with Crippen LogP contribution in [0.3, 0.4) is 0 Å². The van der Waals surface area contributed by atoms with Gasteiger partial charge < -0.3 is 4.74 Å². The van der Waals surface area contributed by atoms with Crippen molar-refractivity contribution in [3.63, 3.8) is 0 Å². The summed E-state index contributed by atoms with van der Waals surface area (Å²) in [5.74, 6) is 0.226. The molecule has 0 N–H and O–H groups in total. The molecule has 0 aromatic carbocycles. The van der Waals surface area contributed by atoms with E-state index in [1.54, 1.807) is 0 Å². The van der Waals surface area contributed by atoms with Crippen molar-refractivity contribution in [3.05, 3.63) is 0 Å². The number of carbonyl (C=O) groups excluding carboxylic acids is 1. The molecule has 64 valence electrons. The van der Waals surface area contributed by atoms with E-state index in [4.69, 9.17) is 4.74 Å². The second-order valence-corrected chi connectivity index (χ2v) is 3.32. The lowest BCUT2D eigenvalue weighted by molar-refractivity contribution is -0.123. The van der Waals surface area contributed by atoms with Crippen LogP contribution in [0.15, 0.2) is 0 Å². The quantitative estimate of drug-likeness (QED) is 0.555. The van der Waals surface area contributed by atoms with Crippen molar-refractivity contribution in [1.82, 2.24) is 4.90 Å². The SMILES string of the molecule is CC1O[C@H](N(C)C)[C@@H](C)C1=O. The number of ketones is 1. The molecule has 1 aliphatic rings. The Morgan fingerprint density at radius 1 is 1.36 bits per heavy atom. The van der Waals surface area contributed by atoms with Gasteiger partial charge in [-0.15, -0.1) is 0 Å². The van der Waals surface area contributed by atoms with Crippen molar-refractivity contribution in [2.24, 2.45) is 5.92 Å². The molecule has 0 spiro atoms. The summed E-state index contributed by atoms with van der Waals surface area (Å²) in [6.07, 6.45) is -0.255. The summed E-state index contributed by atoms with van der Waals surface area (Å²) in [5.41, 5.74) is 0. The van der Waals surface area contributed by atoms with E-state index in [1.165, 1.54) is 0 Å². The summed E-state index contributed by atoms with van der Waals surface area (Å²) < 4.78 is 5.42. The minimum absolute atomic E-state index is 0.0139. The van der Waals surface area contributed by atoms with Gasteiger partial charge >= 0.3 is 0 Å². The van der Waals surface area contributed by atoms with Crippen LogP contribution in [0.5, 0.6) is 0 Å². The van der Waals surface area contributed by atoms with Gasteiger partial charge in [0.2, 0.25) is 0 Å². The molecule has 0 saturated carbocycles. The Bertz CT molecular complexity index is 167. The second kappa shape index (κ2) is 2.91. The summed E-state index contributed by atoms with van der Waals surface area (Å²) in [7, 11) is 3.85. The molecular weight excluding hydrogens is 142 g/mol. The zero-order chi connectivity index (χ0) is 8.59. The minimum atomic E-state index is -0.225. The number of carbonyl (C=O) groups is 1. The van der Waals surface area contributed by atoms with Gasteiger partial charge in [0, 0.05) is 0 Å². The lowest BCUT2D eigenvalue weighted by Gasteiger charge is -2.21. The van der Waals surface area contributed by atoms with Crippen LogP contribution < -0.4 is 0 Å². The van der Waals surface area contributed by atoms with Crippen LogP contribution in [0.4, 0.5) is 0 Å². The molecular formula is C8H15NO2. The van der Waals surface area contributed by atoms with Gasteiger partial charge in [0.1, 0.15) is 12.3 Å². The first-order valence-corrected chi connectivity index (χ1v) is 3.89. The first-order valence-electron chi connectivity index (χ1n) is 3.89. The first-order chi connectivity index (χ1) is 5.04. The van der Waals surface area contributed by atoms with Gasteiger partial charge in [-0.2, -0.15) is 0 Å². The van der Waals surface area contributed by atoms with Crippen molar-refractivity contribution in [3.8, 4) is 0 Å². The molecule has 1 saturated heterocycles.